The SMILES string of the molecule is CCNC(=NCc1ccc(N2CCCC2=O)cc1)NCCOCC(C)C. The number of nitrogens with one attached hydrogen (secondary N) is 2. The van der Waals surface area contributed by atoms with E-state index in [0.29, 0.717) is 25.5 Å². The molecule has 1 aliphatic rings. The van der Waals surface area contributed by atoms with Crippen molar-refractivity contribution in [3.63, 3.8) is 0 Å². The Hall–Kier alpha value is -2.08. The highest BCUT2D eigenvalue weighted by atomic mass is 16.5. The number of benzene rings is 1. The maximum absolute atomic E-state index is 11.8. The lowest BCUT2D eigenvalue weighted by molar-refractivity contribution is -0.117. The third kappa shape index (κ3) is 6.67. The lowest BCUT2D eigenvalue weighted by atomic mass is 10.2. The first-order valence-electron chi connectivity index (χ1n) is 9.59. The van der Waals surface area contributed by atoms with Crippen molar-refractivity contribution < 1.29 is 9.53 Å². The Morgan fingerprint density at radius 3 is 2.65 bits per heavy atom. The molecule has 0 spiro atoms. The molecule has 0 aromatic heterocycles. The molecule has 0 atom stereocenters. The monoisotopic (exact) mass is 360 g/mol. The molecule has 1 saturated heterocycles. The molecule has 2 rings (SSSR count). The number of rotatable bonds is 9. The molecule has 0 aliphatic carbocycles. The van der Waals surface area contributed by atoms with Crippen molar-refractivity contribution in [1.29, 1.82) is 0 Å². The van der Waals surface area contributed by atoms with Crippen LogP contribution in [0.25, 0.3) is 0 Å². The molecule has 0 bridgehead atoms. The fraction of sp³-hybridized carbons (Fsp3) is 0.600. The second-order valence-electron chi connectivity index (χ2n) is 6.91. The van der Waals surface area contributed by atoms with Crippen LogP contribution >= 0.6 is 0 Å². The number of aliphatic imine (C=N–C) groups is 1. The van der Waals surface area contributed by atoms with Crippen LogP contribution in [-0.4, -0.2) is 44.7 Å². The van der Waals surface area contributed by atoms with E-state index < -0.39 is 0 Å². The van der Waals surface area contributed by atoms with Crippen molar-refractivity contribution in [3.8, 4) is 0 Å². The quantitative estimate of drug-likeness (QED) is 0.403. The molecule has 1 aromatic carbocycles. The highest BCUT2D eigenvalue weighted by molar-refractivity contribution is 5.95. The minimum Gasteiger partial charge on any atom is -0.379 e. The summed E-state index contributed by atoms with van der Waals surface area (Å²) in [6.07, 6.45) is 1.61. The van der Waals surface area contributed by atoms with E-state index in [1.165, 1.54) is 0 Å². The third-order valence-corrected chi connectivity index (χ3v) is 4.08. The summed E-state index contributed by atoms with van der Waals surface area (Å²) in [5.41, 5.74) is 2.10. The van der Waals surface area contributed by atoms with Crippen molar-refractivity contribution in [2.45, 2.75) is 40.2 Å². The van der Waals surface area contributed by atoms with Gasteiger partial charge in [0.2, 0.25) is 5.91 Å². The van der Waals surface area contributed by atoms with Gasteiger partial charge in [-0.25, -0.2) is 4.99 Å². The maximum Gasteiger partial charge on any atom is 0.227 e. The number of carbonyl (C=O) groups is 1. The Morgan fingerprint density at radius 2 is 2.04 bits per heavy atom. The predicted molar refractivity (Wildman–Crippen MR) is 107 cm³/mol. The summed E-state index contributed by atoms with van der Waals surface area (Å²) < 4.78 is 5.58. The van der Waals surface area contributed by atoms with Gasteiger partial charge in [-0.1, -0.05) is 26.0 Å². The van der Waals surface area contributed by atoms with E-state index in [-0.39, 0.29) is 5.91 Å². The van der Waals surface area contributed by atoms with E-state index in [1.54, 1.807) is 0 Å². The summed E-state index contributed by atoms with van der Waals surface area (Å²) in [6.45, 7) is 10.7. The lowest BCUT2D eigenvalue weighted by Crippen LogP contribution is -2.39. The Bertz CT molecular complexity index is 584. The Kier molecular flexibility index (Phi) is 8.41. The van der Waals surface area contributed by atoms with Crippen LogP contribution in [-0.2, 0) is 16.1 Å². The highest BCUT2D eigenvalue weighted by Gasteiger charge is 2.21. The largest absolute Gasteiger partial charge is 0.379 e. The zero-order chi connectivity index (χ0) is 18.8. The molecule has 0 saturated carbocycles. The zero-order valence-corrected chi connectivity index (χ0v) is 16.3. The molecule has 1 heterocycles. The van der Waals surface area contributed by atoms with Crippen LogP contribution in [0.2, 0.25) is 0 Å². The molecular formula is C20H32N4O2. The van der Waals surface area contributed by atoms with E-state index in [9.17, 15) is 4.79 Å². The fourth-order valence-electron chi connectivity index (χ4n) is 2.78. The number of hydrogen-bond acceptors (Lipinski definition) is 3. The zero-order valence-electron chi connectivity index (χ0n) is 16.3. The first-order valence-corrected chi connectivity index (χ1v) is 9.59. The van der Waals surface area contributed by atoms with E-state index in [4.69, 9.17) is 4.74 Å². The number of ether oxygens (including phenoxy) is 1. The summed E-state index contributed by atoms with van der Waals surface area (Å²) in [5, 5.41) is 6.53. The molecule has 144 valence electrons. The van der Waals surface area contributed by atoms with Gasteiger partial charge in [-0.15, -0.1) is 0 Å². The summed E-state index contributed by atoms with van der Waals surface area (Å²) in [7, 11) is 0. The molecule has 1 aliphatic heterocycles. The number of nitrogens with zero attached hydrogens (tertiary/aromatic N) is 2. The normalized spacial score (nSPS) is 15.0. The van der Waals surface area contributed by atoms with Gasteiger partial charge in [0.1, 0.15) is 0 Å². The van der Waals surface area contributed by atoms with Crippen LogP contribution in [0, 0.1) is 5.92 Å². The summed E-state index contributed by atoms with van der Waals surface area (Å²) >= 11 is 0. The third-order valence-electron chi connectivity index (χ3n) is 4.08. The number of hydrogen-bond donors (Lipinski definition) is 2. The van der Waals surface area contributed by atoms with Crippen molar-refractivity contribution in [1.82, 2.24) is 10.6 Å². The Balaban J connectivity index is 1.82. The Labute approximate surface area is 157 Å². The van der Waals surface area contributed by atoms with Gasteiger partial charge in [0, 0.05) is 38.3 Å². The smallest absolute Gasteiger partial charge is 0.227 e. The van der Waals surface area contributed by atoms with Crippen LogP contribution < -0.4 is 15.5 Å². The molecule has 0 unspecified atom stereocenters. The van der Waals surface area contributed by atoms with Crippen molar-refractivity contribution >= 4 is 17.6 Å². The van der Waals surface area contributed by atoms with Crippen LogP contribution in [0.4, 0.5) is 5.69 Å². The molecule has 6 nitrogen and oxygen atoms in total. The Morgan fingerprint density at radius 1 is 1.27 bits per heavy atom. The fourth-order valence-corrected chi connectivity index (χ4v) is 2.78. The first-order chi connectivity index (χ1) is 12.6. The first kappa shape index (κ1) is 20.2. The van der Waals surface area contributed by atoms with Gasteiger partial charge in [0.25, 0.3) is 0 Å². The van der Waals surface area contributed by atoms with Crippen LogP contribution in [0.15, 0.2) is 29.3 Å². The number of carbonyl (C=O) groups excluding carboxylic acids is 1. The summed E-state index contributed by atoms with van der Waals surface area (Å²) in [5.74, 6) is 1.56. The number of guanidine groups is 1. The molecular weight excluding hydrogens is 328 g/mol. The molecule has 26 heavy (non-hydrogen) atoms. The molecule has 2 N–H and O–H groups in total. The van der Waals surface area contributed by atoms with E-state index in [1.807, 2.05) is 36.1 Å². The molecule has 1 aromatic rings. The second kappa shape index (κ2) is 10.8. The minimum atomic E-state index is 0.217. The van der Waals surface area contributed by atoms with Gasteiger partial charge < -0.3 is 20.3 Å². The highest BCUT2D eigenvalue weighted by Crippen LogP contribution is 2.21. The number of anilines is 1. The predicted octanol–water partition coefficient (Wildman–Crippen LogP) is 2.54. The van der Waals surface area contributed by atoms with Gasteiger partial charge in [-0.2, -0.15) is 0 Å². The minimum absolute atomic E-state index is 0.217. The summed E-state index contributed by atoms with van der Waals surface area (Å²) in [4.78, 5) is 18.3. The van der Waals surface area contributed by atoms with Gasteiger partial charge in [0.15, 0.2) is 5.96 Å². The van der Waals surface area contributed by atoms with Gasteiger partial charge in [-0.05, 0) is 37.0 Å². The van der Waals surface area contributed by atoms with E-state index >= 15 is 0 Å². The van der Waals surface area contributed by atoms with Crippen molar-refractivity contribution in [3.05, 3.63) is 29.8 Å². The van der Waals surface area contributed by atoms with Gasteiger partial charge in [0.05, 0.1) is 13.2 Å². The molecule has 0 radical (unpaired) electrons. The second-order valence-corrected chi connectivity index (χ2v) is 6.91. The molecule has 1 fully saturated rings. The van der Waals surface area contributed by atoms with E-state index in [0.717, 1.165) is 49.9 Å². The van der Waals surface area contributed by atoms with Gasteiger partial charge in [-0.3, -0.25) is 4.79 Å². The average molecular weight is 361 g/mol. The van der Waals surface area contributed by atoms with Crippen molar-refractivity contribution in [2.75, 3.05) is 37.7 Å². The molecule has 6 heteroatoms. The topological polar surface area (TPSA) is 66.0 Å². The standard InChI is InChI=1S/C20H32N4O2/c1-4-21-20(22-11-13-26-15-16(2)3)23-14-17-7-9-18(10-8-17)24-12-5-6-19(24)25/h7-10,16H,4-6,11-15H2,1-3H3,(H2,21,22,23). The average Bonchev–Trinajstić information content (AvgIpc) is 3.05. The van der Waals surface area contributed by atoms with Crippen molar-refractivity contribution in [2.24, 2.45) is 10.9 Å². The van der Waals surface area contributed by atoms with Crippen LogP contribution in [0.3, 0.4) is 0 Å². The van der Waals surface area contributed by atoms with E-state index in [2.05, 4.69) is 29.5 Å². The number of amides is 1. The molecule has 1 amide bonds. The maximum atomic E-state index is 11.8. The van der Waals surface area contributed by atoms with Gasteiger partial charge >= 0.3 is 0 Å². The lowest BCUT2D eigenvalue weighted by Gasteiger charge is -2.16. The van der Waals surface area contributed by atoms with Crippen LogP contribution in [0.5, 0.6) is 0 Å². The summed E-state index contributed by atoms with van der Waals surface area (Å²) in [6, 6.07) is 8.10. The van der Waals surface area contributed by atoms with Crippen LogP contribution in [0.1, 0.15) is 39.2 Å².